The van der Waals surface area contributed by atoms with Crippen molar-refractivity contribution in [3.8, 4) is 0 Å². The van der Waals surface area contributed by atoms with Crippen molar-refractivity contribution in [3.63, 3.8) is 0 Å². The molecule has 1 N–H and O–H groups in total. The lowest BCUT2D eigenvalue weighted by atomic mass is 10.1. The van der Waals surface area contributed by atoms with E-state index in [4.69, 9.17) is 0 Å². The van der Waals surface area contributed by atoms with Crippen molar-refractivity contribution < 1.29 is 5.11 Å². The van der Waals surface area contributed by atoms with E-state index in [1.54, 1.807) is 13.1 Å². The third-order valence-corrected chi connectivity index (χ3v) is 3.00. The Morgan fingerprint density at radius 2 is 1.89 bits per heavy atom. The molecule has 0 aliphatic rings. The molecular weight excluding hydrogens is 224 g/mol. The Morgan fingerprint density at radius 3 is 2.50 bits per heavy atom. The number of rotatable bonds is 4. The number of benzene rings is 1. The van der Waals surface area contributed by atoms with Crippen LogP contribution in [-0.4, -0.2) is 15.1 Å². The van der Waals surface area contributed by atoms with Crippen molar-refractivity contribution in [2.24, 2.45) is 0 Å². The van der Waals surface area contributed by atoms with Gasteiger partial charge in [-0.1, -0.05) is 30.3 Å². The average Bonchev–Trinajstić information content (AvgIpc) is 2.37. The molecule has 1 aromatic heterocycles. The zero-order valence-electron chi connectivity index (χ0n) is 10.8. The second kappa shape index (κ2) is 5.74. The summed E-state index contributed by atoms with van der Waals surface area (Å²) in [6.45, 7) is 3.64. The highest BCUT2D eigenvalue weighted by molar-refractivity contribution is 5.19. The summed E-state index contributed by atoms with van der Waals surface area (Å²) in [5, 5.41) is 9.52. The molecule has 1 heterocycles. The quantitative estimate of drug-likeness (QED) is 0.896. The van der Waals surface area contributed by atoms with Crippen molar-refractivity contribution in [1.82, 2.24) is 9.97 Å². The molecule has 0 spiro atoms. The maximum absolute atomic E-state index is 9.52. The molecule has 18 heavy (non-hydrogen) atoms. The monoisotopic (exact) mass is 242 g/mol. The van der Waals surface area contributed by atoms with Crippen molar-refractivity contribution in [2.45, 2.75) is 32.8 Å². The normalized spacial score (nSPS) is 12.4. The van der Waals surface area contributed by atoms with E-state index in [2.05, 4.69) is 22.1 Å². The van der Waals surface area contributed by atoms with Crippen LogP contribution in [-0.2, 0) is 12.8 Å². The first-order valence-electron chi connectivity index (χ1n) is 6.21. The molecule has 3 nitrogen and oxygen atoms in total. The van der Waals surface area contributed by atoms with Gasteiger partial charge >= 0.3 is 0 Å². The highest BCUT2D eigenvalue weighted by atomic mass is 16.3. The lowest BCUT2D eigenvalue weighted by Gasteiger charge is -2.09. The summed E-state index contributed by atoms with van der Waals surface area (Å²) in [4.78, 5) is 8.74. The van der Waals surface area contributed by atoms with Gasteiger partial charge in [-0.05, 0) is 25.8 Å². The van der Waals surface area contributed by atoms with Crippen LogP contribution in [0.5, 0.6) is 0 Å². The smallest absolute Gasteiger partial charge is 0.128 e. The van der Waals surface area contributed by atoms with Crippen LogP contribution in [0.3, 0.4) is 0 Å². The molecular formula is C15H18N2O. The zero-order chi connectivity index (χ0) is 13.0. The third-order valence-electron chi connectivity index (χ3n) is 3.00. The van der Waals surface area contributed by atoms with Crippen LogP contribution in [0.25, 0.3) is 0 Å². The molecule has 2 aromatic rings. The van der Waals surface area contributed by atoms with Gasteiger partial charge in [-0.2, -0.15) is 0 Å². The Hall–Kier alpha value is -1.74. The van der Waals surface area contributed by atoms with Crippen molar-refractivity contribution >= 4 is 0 Å². The van der Waals surface area contributed by atoms with Crippen molar-refractivity contribution in [2.75, 3.05) is 0 Å². The Labute approximate surface area is 108 Å². The van der Waals surface area contributed by atoms with E-state index in [0.29, 0.717) is 0 Å². The maximum Gasteiger partial charge on any atom is 0.128 e. The number of aryl methyl sites for hydroxylation is 3. The fourth-order valence-corrected chi connectivity index (χ4v) is 1.96. The van der Waals surface area contributed by atoms with Gasteiger partial charge in [0.05, 0.1) is 6.10 Å². The average molecular weight is 242 g/mol. The van der Waals surface area contributed by atoms with E-state index < -0.39 is 6.10 Å². The number of hydrogen-bond acceptors (Lipinski definition) is 3. The number of hydrogen-bond donors (Lipinski definition) is 1. The Kier molecular flexibility index (Phi) is 4.05. The molecule has 0 fully saturated rings. The molecule has 0 radical (unpaired) electrons. The molecule has 2 rings (SSSR count). The highest BCUT2D eigenvalue weighted by Gasteiger charge is 2.08. The number of aromatic nitrogens is 2. The maximum atomic E-state index is 9.52. The van der Waals surface area contributed by atoms with Gasteiger partial charge in [-0.25, -0.2) is 9.97 Å². The SMILES string of the molecule is Cc1nc(CCc2ccccc2)ncc1C(C)O. The van der Waals surface area contributed by atoms with Crippen molar-refractivity contribution in [1.29, 1.82) is 0 Å². The first kappa shape index (κ1) is 12.7. The molecule has 0 saturated carbocycles. The molecule has 0 saturated heterocycles. The lowest BCUT2D eigenvalue weighted by Crippen LogP contribution is -2.04. The minimum absolute atomic E-state index is 0.506. The van der Waals surface area contributed by atoms with E-state index in [1.807, 2.05) is 25.1 Å². The summed E-state index contributed by atoms with van der Waals surface area (Å²) in [7, 11) is 0. The van der Waals surface area contributed by atoms with Gasteiger partial charge in [-0.15, -0.1) is 0 Å². The van der Waals surface area contributed by atoms with Gasteiger partial charge in [0, 0.05) is 23.9 Å². The number of nitrogens with zero attached hydrogens (tertiary/aromatic N) is 2. The van der Waals surface area contributed by atoms with E-state index in [-0.39, 0.29) is 0 Å². The zero-order valence-corrected chi connectivity index (χ0v) is 10.8. The van der Waals surface area contributed by atoms with Crippen LogP contribution in [0.4, 0.5) is 0 Å². The summed E-state index contributed by atoms with van der Waals surface area (Å²) >= 11 is 0. The molecule has 1 atom stereocenters. The Bertz CT molecular complexity index is 509. The van der Waals surface area contributed by atoms with E-state index in [0.717, 1.165) is 29.9 Å². The number of aliphatic hydroxyl groups is 1. The second-order valence-electron chi connectivity index (χ2n) is 4.49. The third kappa shape index (κ3) is 3.14. The highest BCUT2D eigenvalue weighted by Crippen LogP contribution is 2.14. The minimum Gasteiger partial charge on any atom is -0.389 e. The summed E-state index contributed by atoms with van der Waals surface area (Å²) in [5.74, 6) is 0.834. The molecule has 1 unspecified atom stereocenters. The van der Waals surface area contributed by atoms with Gasteiger partial charge in [0.2, 0.25) is 0 Å². The number of aliphatic hydroxyl groups excluding tert-OH is 1. The van der Waals surface area contributed by atoms with Gasteiger partial charge in [0.1, 0.15) is 5.82 Å². The predicted octanol–water partition coefficient (Wildman–Crippen LogP) is 2.62. The first-order chi connectivity index (χ1) is 8.66. The van der Waals surface area contributed by atoms with Crippen molar-refractivity contribution in [3.05, 3.63) is 59.2 Å². The van der Waals surface area contributed by atoms with Gasteiger partial charge in [0.15, 0.2) is 0 Å². The van der Waals surface area contributed by atoms with E-state index >= 15 is 0 Å². The molecule has 1 aromatic carbocycles. The molecule has 0 aliphatic heterocycles. The van der Waals surface area contributed by atoms with Gasteiger partial charge < -0.3 is 5.11 Å². The fourth-order valence-electron chi connectivity index (χ4n) is 1.96. The Balaban J connectivity index is 2.05. The van der Waals surface area contributed by atoms with E-state index in [1.165, 1.54) is 5.56 Å². The molecule has 3 heteroatoms. The van der Waals surface area contributed by atoms with Crippen LogP contribution < -0.4 is 0 Å². The lowest BCUT2D eigenvalue weighted by molar-refractivity contribution is 0.197. The predicted molar refractivity (Wildman–Crippen MR) is 71.3 cm³/mol. The molecule has 0 aliphatic carbocycles. The first-order valence-corrected chi connectivity index (χ1v) is 6.21. The second-order valence-corrected chi connectivity index (χ2v) is 4.49. The summed E-state index contributed by atoms with van der Waals surface area (Å²) < 4.78 is 0. The summed E-state index contributed by atoms with van der Waals surface area (Å²) in [6.07, 6.45) is 2.99. The van der Waals surface area contributed by atoms with Gasteiger partial charge in [-0.3, -0.25) is 0 Å². The Morgan fingerprint density at radius 1 is 1.17 bits per heavy atom. The standard InChI is InChI=1S/C15H18N2O/c1-11-14(12(2)18)10-16-15(17-11)9-8-13-6-4-3-5-7-13/h3-7,10,12,18H,8-9H2,1-2H3. The van der Waals surface area contributed by atoms with Gasteiger partial charge in [0.25, 0.3) is 0 Å². The fraction of sp³-hybridized carbons (Fsp3) is 0.333. The van der Waals surface area contributed by atoms with Crippen LogP contribution >= 0.6 is 0 Å². The minimum atomic E-state index is -0.506. The van der Waals surface area contributed by atoms with E-state index in [9.17, 15) is 5.11 Å². The van der Waals surface area contributed by atoms with Crippen LogP contribution in [0.1, 0.15) is 35.7 Å². The van der Waals surface area contributed by atoms with Crippen LogP contribution in [0, 0.1) is 6.92 Å². The molecule has 0 amide bonds. The molecule has 94 valence electrons. The van der Waals surface area contributed by atoms with Crippen LogP contribution in [0.15, 0.2) is 36.5 Å². The topological polar surface area (TPSA) is 46.0 Å². The molecule has 0 bridgehead atoms. The summed E-state index contributed by atoms with van der Waals surface area (Å²) in [6, 6.07) is 10.3. The summed E-state index contributed by atoms with van der Waals surface area (Å²) in [5.41, 5.74) is 2.96. The largest absolute Gasteiger partial charge is 0.389 e. The van der Waals surface area contributed by atoms with Crippen LogP contribution in [0.2, 0.25) is 0 Å².